The van der Waals surface area contributed by atoms with Crippen LogP contribution in [-0.2, 0) is 18.4 Å². The zero-order valence-corrected chi connectivity index (χ0v) is 13.1. The van der Waals surface area contributed by atoms with Crippen LogP contribution >= 0.6 is 0 Å². The molecule has 1 aromatic rings. The second kappa shape index (κ2) is 5.67. The first-order chi connectivity index (χ1) is 10.1. The van der Waals surface area contributed by atoms with Crippen LogP contribution in [0.1, 0.15) is 37.4 Å². The largest absolute Gasteiger partial charge is 0.353 e. The Morgan fingerprint density at radius 1 is 1.43 bits per heavy atom. The predicted octanol–water partition coefficient (Wildman–Crippen LogP) is 0.695. The highest BCUT2D eigenvalue weighted by molar-refractivity contribution is 5.86. The van der Waals surface area contributed by atoms with Gasteiger partial charge < -0.3 is 15.5 Å². The lowest BCUT2D eigenvalue weighted by Gasteiger charge is -2.36. The number of piperazine rings is 1. The van der Waals surface area contributed by atoms with Gasteiger partial charge in [-0.1, -0.05) is 6.92 Å². The predicted molar refractivity (Wildman–Crippen MR) is 82.2 cm³/mol. The zero-order valence-electron chi connectivity index (χ0n) is 13.1. The first-order valence-electron chi connectivity index (χ1n) is 7.92. The van der Waals surface area contributed by atoms with Crippen molar-refractivity contribution < 1.29 is 4.79 Å². The van der Waals surface area contributed by atoms with E-state index in [1.807, 2.05) is 11.7 Å². The van der Waals surface area contributed by atoms with Crippen LogP contribution in [0.2, 0.25) is 0 Å². The standard InChI is InChI=1S/C15H25N5O/c1-4-13-14(21)16-7-8-20(13)15-12(9-17-11-5-6-11)10(2)18-19(15)3/h11,13,17H,4-9H2,1-3H3,(H,16,21). The van der Waals surface area contributed by atoms with Gasteiger partial charge in [0, 0.05) is 38.3 Å². The number of nitrogens with one attached hydrogen (secondary N) is 2. The van der Waals surface area contributed by atoms with Crippen molar-refractivity contribution in [2.75, 3.05) is 18.0 Å². The Balaban J connectivity index is 1.89. The molecule has 1 saturated carbocycles. The van der Waals surface area contributed by atoms with Crippen LogP contribution in [0, 0.1) is 6.92 Å². The number of hydrogen-bond donors (Lipinski definition) is 2. The summed E-state index contributed by atoms with van der Waals surface area (Å²) in [6.07, 6.45) is 3.36. The third-order valence-electron chi connectivity index (χ3n) is 4.45. The smallest absolute Gasteiger partial charge is 0.242 e. The molecule has 1 aliphatic heterocycles. The van der Waals surface area contributed by atoms with E-state index in [4.69, 9.17) is 0 Å². The van der Waals surface area contributed by atoms with Gasteiger partial charge in [-0.05, 0) is 26.2 Å². The number of aromatic nitrogens is 2. The molecular weight excluding hydrogens is 266 g/mol. The molecule has 1 unspecified atom stereocenters. The van der Waals surface area contributed by atoms with Crippen LogP contribution in [0.5, 0.6) is 0 Å². The first kappa shape index (κ1) is 14.4. The first-order valence-corrected chi connectivity index (χ1v) is 7.92. The number of rotatable bonds is 5. The highest BCUT2D eigenvalue weighted by atomic mass is 16.2. The lowest BCUT2D eigenvalue weighted by Crippen LogP contribution is -2.56. The van der Waals surface area contributed by atoms with Gasteiger partial charge in [0.15, 0.2) is 0 Å². The summed E-state index contributed by atoms with van der Waals surface area (Å²) in [6.45, 7) is 6.51. The molecule has 0 bridgehead atoms. The average Bonchev–Trinajstić information content (AvgIpc) is 3.22. The fourth-order valence-corrected chi connectivity index (χ4v) is 3.16. The lowest BCUT2D eigenvalue weighted by atomic mass is 10.1. The fraction of sp³-hybridized carbons (Fsp3) is 0.733. The van der Waals surface area contributed by atoms with Gasteiger partial charge >= 0.3 is 0 Å². The van der Waals surface area contributed by atoms with Gasteiger partial charge in [0.25, 0.3) is 0 Å². The van der Waals surface area contributed by atoms with Crippen molar-refractivity contribution in [3.8, 4) is 0 Å². The summed E-state index contributed by atoms with van der Waals surface area (Å²) in [6, 6.07) is 0.581. The van der Waals surface area contributed by atoms with E-state index in [9.17, 15) is 4.79 Å². The van der Waals surface area contributed by atoms with E-state index in [1.54, 1.807) is 0 Å². The number of nitrogens with zero attached hydrogens (tertiary/aromatic N) is 3. The molecule has 0 spiro atoms. The molecule has 2 fully saturated rings. The second-order valence-corrected chi connectivity index (χ2v) is 6.07. The molecule has 1 aliphatic carbocycles. The minimum absolute atomic E-state index is 0.0896. The van der Waals surface area contributed by atoms with Crippen LogP contribution in [0.4, 0.5) is 5.82 Å². The summed E-state index contributed by atoms with van der Waals surface area (Å²) >= 11 is 0. The monoisotopic (exact) mass is 291 g/mol. The van der Waals surface area contributed by atoms with Crippen LogP contribution in [0.15, 0.2) is 0 Å². The van der Waals surface area contributed by atoms with Crippen LogP contribution in [-0.4, -0.2) is 40.9 Å². The summed E-state index contributed by atoms with van der Waals surface area (Å²) in [5, 5.41) is 11.1. The molecule has 6 heteroatoms. The summed E-state index contributed by atoms with van der Waals surface area (Å²) in [5.74, 6) is 1.23. The van der Waals surface area contributed by atoms with Gasteiger partial charge in [-0.3, -0.25) is 9.48 Å². The van der Waals surface area contributed by atoms with Crippen molar-refractivity contribution in [2.24, 2.45) is 7.05 Å². The van der Waals surface area contributed by atoms with E-state index in [-0.39, 0.29) is 11.9 Å². The molecule has 1 saturated heterocycles. The summed E-state index contributed by atoms with van der Waals surface area (Å²) in [4.78, 5) is 14.3. The minimum Gasteiger partial charge on any atom is -0.353 e. The van der Waals surface area contributed by atoms with E-state index in [2.05, 4.69) is 34.5 Å². The van der Waals surface area contributed by atoms with Crippen molar-refractivity contribution in [3.63, 3.8) is 0 Å². The van der Waals surface area contributed by atoms with E-state index < -0.39 is 0 Å². The molecule has 2 heterocycles. The van der Waals surface area contributed by atoms with Crippen molar-refractivity contribution in [1.82, 2.24) is 20.4 Å². The molecule has 3 rings (SSSR count). The molecule has 2 aliphatic rings. The maximum atomic E-state index is 12.1. The third-order valence-corrected chi connectivity index (χ3v) is 4.45. The Kier molecular flexibility index (Phi) is 3.89. The fourth-order valence-electron chi connectivity index (χ4n) is 3.16. The number of carbonyl (C=O) groups is 1. The quantitative estimate of drug-likeness (QED) is 0.838. The Morgan fingerprint density at radius 3 is 2.86 bits per heavy atom. The maximum Gasteiger partial charge on any atom is 0.242 e. The van der Waals surface area contributed by atoms with Crippen molar-refractivity contribution in [3.05, 3.63) is 11.3 Å². The Hall–Kier alpha value is -1.56. The normalized spacial score (nSPS) is 22.5. The van der Waals surface area contributed by atoms with Gasteiger partial charge in [-0.15, -0.1) is 0 Å². The van der Waals surface area contributed by atoms with Gasteiger partial charge in [0.05, 0.1) is 5.69 Å². The number of carbonyl (C=O) groups excluding carboxylic acids is 1. The van der Waals surface area contributed by atoms with Gasteiger partial charge in [0.1, 0.15) is 11.9 Å². The van der Waals surface area contributed by atoms with Gasteiger partial charge in [0.2, 0.25) is 5.91 Å². The molecular formula is C15H25N5O. The Morgan fingerprint density at radius 2 is 2.19 bits per heavy atom. The Labute approximate surface area is 125 Å². The van der Waals surface area contributed by atoms with E-state index in [1.165, 1.54) is 18.4 Å². The maximum absolute atomic E-state index is 12.1. The highest BCUT2D eigenvalue weighted by Crippen LogP contribution is 2.28. The average molecular weight is 291 g/mol. The molecule has 1 atom stereocenters. The molecule has 0 radical (unpaired) electrons. The Bertz CT molecular complexity index is 534. The van der Waals surface area contributed by atoms with Crippen molar-refractivity contribution in [1.29, 1.82) is 0 Å². The van der Waals surface area contributed by atoms with Crippen LogP contribution in [0.3, 0.4) is 0 Å². The lowest BCUT2D eigenvalue weighted by molar-refractivity contribution is -0.123. The molecule has 0 aromatic carbocycles. The SMILES string of the molecule is CCC1C(=O)NCCN1c1c(CNC2CC2)c(C)nn1C. The van der Waals surface area contributed by atoms with Crippen LogP contribution in [0.25, 0.3) is 0 Å². The van der Waals surface area contributed by atoms with E-state index in [0.717, 1.165) is 31.0 Å². The number of hydrogen-bond acceptors (Lipinski definition) is 4. The van der Waals surface area contributed by atoms with Crippen molar-refractivity contribution >= 4 is 11.7 Å². The zero-order chi connectivity index (χ0) is 15.0. The van der Waals surface area contributed by atoms with Gasteiger partial charge in [-0.2, -0.15) is 5.10 Å². The van der Waals surface area contributed by atoms with Gasteiger partial charge in [-0.25, -0.2) is 0 Å². The van der Waals surface area contributed by atoms with Crippen molar-refractivity contribution in [2.45, 2.75) is 51.7 Å². The summed E-state index contributed by atoms with van der Waals surface area (Å²) < 4.78 is 1.93. The molecule has 116 valence electrons. The topological polar surface area (TPSA) is 62.2 Å². The highest BCUT2D eigenvalue weighted by Gasteiger charge is 2.32. The minimum atomic E-state index is -0.0896. The summed E-state index contributed by atoms with van der Waals surface area (Å²) in [7, 11) is 1.97. The van der Waals surface area contributed by atoms with E-state index in [0.29, 0.717) is 12.6 Å². The molecule has 6 nitrogen and oxygen atoms in total. The van der Waals surface area contributed by atoms with E-state index >= 15 is 0 Å². The summed E-state index contributed by atoms with van der Waals surface area (Å²) in [5.41, 5.74) is 2.29. The third kappa shape index (κ3) is 2.77. The number of aryl methyl sites for hydroxylation is 2. The van der Waals surface area contributed by atoms with Crippen LogP contribution < -0.4 is 15.5 Å². The molecule has 1 aromatic heterocycles. The molecule has 1 amide bonds. The second-order valence-electron chi connectivity index (χ2n) is 6.07. The molecule has 21 heavy (non-hydrogen) atoms. The molecule has 2 N–H and O–H groups in total. The number of amides is 1. The number of anilines is 1.